The largest absolute Gasteiger partial charge is 0.453 e. The first-order valence-electron chi connectivity index (χ1n) is 12.0. The number of aryl methyl sites for hydroxylation is 1. The summed E-state index contributed by atoms with van der Waals surface area (Å²) in [6.07, 6.45) is 4.68. The molecule has 6 rings (SSSR count). The van der Waals surface area contributed by atoms with E-state index in [0.29, 0.717) is 45.6 Å². The first-order chi connectivity index (χ1) is 18.9. The number of para-hydroxylation sites is 2. The highest BCUT2D eigenvalue weighted by atomic mass is 19.1. The number of nitrogens with zero attached hydrogens (tertiary/aromatic N) is 2. The topological polar surface area (TPSA) is 94.5 Å². The Labute approximate surface area is 222 Å². The quantitative estimate of drug-likeness (QED) is 0.270. The van der Waals surface area contributed by atoms with Gasteiger partial charge in [0.2, 0.25) is 11.2 Å². The van der Waals surface area contributed by atoms with Gasteiger partial charge >= 0.3 is 0 Å². The molecule has 0 spiro atoms. The Kier molecular flexibility index (Phi) is 6.01. The summed E-state index contributed by atoms with van der Waals surface area (Å²) in [7, 11) is 1.71. The number of nitrogens with one attached hydrogen (secondary N) is 2. The first-order valence-corrected chi connectivity index (χ1v) is 12.0. The van der Waals surface area contributed by atoms with E-state index < -0.39 is 17.2 Å². The number of anilines is 3. The van der Waals surface area contributed by atoms with E-state index >= 15 is 0 Å². The lowest BCUT2D eigenvalue weighted by atomic mass is 10.0. The van der Waals surface area contributed by atoms with Crippen LogP contribution >= 0.6 is 0 Å². The maximum Gasteiger partial charge on any atom is 0.261 e. The van der Waals surface area contributed by atoms with Crippen LogP contribution < -0.4 is 25.5 Å². The van der Waals surface area contributed by atoms with Crippen LogP contribution in [0.25, 0.3) is 11.1 Å². The van der Waals surface area contributed by atoms with Crippen molar-refractivity contribution in [2.75, 3.05) is 10.6 Å². The van der Waals surface area contributed by atoms with Crippen molar-refractivity contribution in [3.63, 3.8) is 0 Å². The van der Waals surface area contributed by atoms with Crippen LogP contribution in [0.4, 0.5) is 21.6 Å². The zero-order chi connectivity index (χ0) is 26.9. The molecule has 1 amide bonds. The molecule has 3 aromatic carbocycles. The monoisotopic (exact) mass is 520 g/mol. The molecule has 0 aliphatic carbocycles. The fourth-order valence-electron chi connectivity index (χ4n) is 4.23. The summed E-state index contributed by atoms with van der Waals surface area (Å²) >= 11 is 0. The average molecular weight is 521 g/mol. The molecular formula is C30H21FN4O4. The first kappa shape index (κ1) is 23.9. The number of hydrogen-bond donors (Lipinski definition) is 2. The van der Waals surface area contributed by atoms with Gasteiger partial charge < -0.3 is 24.7 Å². The molecule has 1 aliphatic heterocycles. The Hall–Kier alpha value is -5.44. The van der Waals surface area contributed by atoms with Crippen molar-refractivity contribution in [2.45, 2.75) is 0 Å². The Bertz CT molecular complexity index is 1770. The molecule has 2 aromatic heterocycles. The van der Waals surface area contributed by atoms with Crippen molar-refractivity contribution in [2.24, 2.45) is 7.05 Å². The Morgan fingerprint density at radius 3 is 2.56 bits per heavy atom. The number of pyridine rings is 2. The van der Waals surface area contributed by atoms with E-state index in [4.69, 9.17) is 9.47 Å². The number of ether oxygens (including phenoxy) is 2. The summed E-state index contributed by atoms with van der Waals surface area (Å²) < 4.78 is 27.0. The van der Waals surface area contributed by atoms with Crippen LogP contribution in [0, 0.1) is 5.82 Å². The maximum atomic E-state index is 13.3. The predicted octanol–water partition coefficient (Wildman–Crippen LogP) is 6.48. The number of benzene rings is 3. The highest BCUT2D eigenvalue weighted by Crippen LogP contribution is 2.46. The molecule has 8 nitrogen and oxygen atoms in total. The van der Waals surface area contributed by atoms with E-state index in [9.17, 15) is 14.0 Å². The molecule has 0 fully saturated rings. The smallest absolute Gasteiger partial charge is 0.261 e. The predicted molar refractivity (Wildman–Crippen MR) is 146 cm³/mol. The van der Waals surface area contributed by atoms with Crippen LogP contribution in [0.2, 0.25) is 0 Å². The van der Waals surface area contributed by atoms with Crippen molar-refractivity contribution in [1.29, 1.82) is 0 Å². The summed E-state index contributed by atoms with van der Waals surface area (Å²) in [4.78, 5) is 30.4. The maximum absolute atomic E-state index is 13.3. The second-order valence-corrected chi connectivity index (χ2v) is 8.88. The lowest BCUT2D eigenvalue weighted by molar-refractivity contribution is 0.102. The van der Waals surface area contributed by atoms with Gasteiger partial charge in [-0.2, -0.15) is 0 Å². The molecule has 0 atom stereocenters. The van der Waals surface area contributed by atoms with Crippen molar-refractivity contribution >= 4 is 23.1 Å². The molecule has 3 heterocycles. The highest BCUT2D eigenvalue weighted by molar-refractivity contribution is 6.04. The van der Waals surface area contributed by atoms with Crippen molar-refractivity contribution in [3.05, 3.63) is 119 Å². The fourth-order valence-corrected chi connectivity index (χ4v) is 4.23. The number of halogens is 1. The van der Waals surface area contributed by atoms with Gasteiger partial charge in [0.05, 0.1) is 5.69 Å². The fraction of sp³-hybridized carbons (Fsp3) is 0.0333. The Morgan fingerprint density at radius 1 is 1.00 bits per heavy atom. The van der Waals surface area contributed by atoms with Gasteiger partial charge in [0.15, 0.2) is 17.3 Å². The van der Waals surface area contributed by atoms with Crippen LogP contribution in [-0.2, 0) is 7.05 Å². The van der Waals surface area contributed by atoms with Gasteiger partial charge in [-0.25, -0.2) is 9.37 Å². The number of rotatable bonds is 5. The van der Waals surface area contributed by atoms with E-state index in [-0.39, 0.29) is 5.56 Å². The number of hydrogen-bond acceptors (Lipinski definition) is 6. The summed E-state index contributed by atoms with van der Waals surface area (Å²) in [6, 6.07) is 21.5. The molecule has 0 saturated carbocycles. The highest BCUT2D eigenvalue weighted by Gasteiger charge is 2.22. The van der Waals surface area contributed by atoms with Crippen molar-refractivity contribution in [3.8, 4) is 34.1 Å². The zero-order valence-electron chi connectivity index (χ0n) is 20.6. The van der Waals surface area contributed by atoms with Gasteiger partial charge in [-0.15, -0.1) is 0 Å². The lowest BCUT2D eigenvalue weighted by Gasteiger charge is -2.22. The van der Waals surface area contributed by atoms with E-state index in [0.717, 1.165) is 5.69 Å². The van der Waals surface area contributed by atoms with Crippen LogP contribution in [0.15, 0.2) is 102 Å². The van der Waals surface area contributed by atoms with E-state index in [2.05, 4.69) is 15.6 Å². The van der Waals surface area contributed by atoms with E-state index in [1.807, 2.05) is 24.3 Å². The molecule has 192 valence electrons. The minimum absolute atomic E-state index is 0.0343. The summed E-state index contributed by atoms with van der Waals surface area (Å²) in [5, 5.41) is 5.98. The molecule has 9 heteroatoms. The molecule has 39 heavy (non-hydrogen) atoms. The molecule has 5 aromatic rings. The minimum atomic E-state index is -0.561. The van der Waals surface area contributed by atoms with Gasteiger partial charge in [-0.05, 0) is 54.1 Å². The Balaban J connectivity index is 1.19. The normalized spacial score (nSPS) is 11.4. The molecular weight excluding hydrogens is 499 g/mol. The third-order valence-corrected chi connectivity index (χ3v) is 6.12. The van der Waals surface area contributed by atoms with Crippen molar-refractivity contribution < 1.29 is 18.7 Å². The zero-order valence-corrected chi connectivity index (χ0v) is 20.6. The van der Waals surface area contributed by atoms with Crippen LogP contribution in [-0.4, -0.2) is 15.5 Å². The Morgan fingerprint density at radius 2 is 1.77 bits per heavy atom. The summed E-state index contributed by atoms with van der Waals surface area (Å²) in [5.41, 5.74) is 1.63. The minimum Gasteiger partial charge on any atom is -0.453 e. The number of amides is 1. The molecule has 0 unspecified atom stereocenters. The van der Waals surface area contributed by atoms with E-state index in [1.165, 1.54) is 30.5 Å². The van der Waals surface area contributed by atoms with E-state index in [1.54, 1.807) is 54.3 Å². The van der Waals surface area contributed by atoms with Gasteiger partial charge in [0.1, 0.15) is 17.1 Å². The molecule has 1 aliphatic rings. The van der Waals surface area contributed by atoms with Crippen LogP contribution in [0.1, 0.15) is 10.4 Å². The lowest BCUT2D eigenvalue weighted by Crippen LogP contribution is -2.24. The standard InChI is InChI=1S/C30H21FN4O4/c1-35-16-22(18-6-8-19(31)9-7-18)27(36)23(17-35)30(37)33-20-10-12-21(13-11-20)38-26-14-15-32-29-28(26)39-25-5-3-2-4-24(25)34-29/h2-17H,1H3,(H,32,34)(H,33,37). The summed E-state index contributed by atoms with van der Waals surface area (Å²) in [6.45, 7) is 0. The van der Waals surface area contributed by atoms with Crippen molar-refractivity contribution in [1.82, 2.24) is 9.55 Å². The SMILES string of the molecule is Cn1cc(C(=O)Nc2ccc(Oc3ccnc4c3Oc3ccccc3N4)cc2)c(=O)c(-c2ccc(F)cc2)c1. The molecule has 0 radical (unpaired) electrons. The van der Waals surface area contributed by atoms with Crippen LogP contribution in [0.5, 0.6) is 23.0 Å². The van der Waals surface area contributed by atoms with Gasteiger partial charge in [-0.3, -0.25) is 9.59 Å². The third kappa shape index (κ3) is 4.80. The average Bonchev–Trinajstić information content (AvgIpc) is 2.95. The number of aromatic nitrogens is 2. The number of carbonyl (C=O) groups is 1. The van der Waals surface area contributed by atoms with Gasteiger partial charge in [-0.1, -0.05) is 24.3 Å². The second kappa shape index (κ2) is 9.79. The second-order valence-electron chi connectivity index (χ2n) is 8.88. The summed E-state index contributed by atoms with van der Waals surface area (Å²) in [5.74, 6) is 1.68. The molecule has 0 saturated heterocycles. The molecule has 2 N–H and O–H groups in total. The van der Waals surface area contributed by atoms with Gasteiger partial charge in [0, 0.05) is 43.0 Å². The number of fused-ring (bicyclic) bond motifs is 2. The van der Waals surface area contributed by atoms with Gasteiger partial charge in [0.25, 0.3) is 5.91 Å². The third-order valence-electron chi connectivity index (χ3n) is 6.12. The number of carbonyl (C=O) groups excluding carboxylic acids is 1. The molecule has 0 bridgehead atoms. The van der Waals surface area contributed by atoms with Crippen LogP contribution in [0.3, 0.4) is 0 Å².